The number of nitrogens with zero attached hydrogens (tertiary/aromatic N) is 1. The number of benzene rings is 3. The molecule has 3 aromatic rings. The first kappa shape index (κ1) is 24.3. The predicted molar refractivity (Wildman–Crippen MR) is 139 cm³/mol. The van der Waals surface area contributed by atoms with Crippen LogP contribution in [0.2, 0.25) is 0 Å². The van der Waals surface area contributed by atoms with Crippen molar-refractivity contribution in [1.29, 1.82) is 0 Å². The lowest BCUT2D eigenvalue weighted by molar-refractivity contribution is -0.132. The number of hydrogen-bond donors (Lipinski definition) is 1. The van der Waals surface area contributed by atoms with Crippen LogP contribution in [0.1, 0.15) is 61.4 Å². The van der Waals surface area contributed by atoms with E-state index in [-0.39, 0.29) is 11.3 Å². The molecule has 5 nitrogen and oxygen atoms in total. The highest BCUT2D eigenvalue weighted by molar-refractivity contribution is 6.51. The van der Waals surface area contributed by atoms with Gasteiger partial charge in [-0.05, 0) is 66.3 Å². The van der Waals surface area contributed by atoms with Crippen LogP contribution < -0.4 is 9.64 Å². The molecule has 180 valence electrons. The number of anilines is 1. The lowest BCUT2D eigenvalue weighted by Gasteiger charge is -2.26. The Kier molecular flexibility index (Phi) is 7.06. The summed E-state index contributed by atoms with van der Waals surface area (Å²) in [5, 5.41) is 11.4. The van der Waals surface area contributed by atoms with Crippen molar-refractivity contribution in [3.05, 3.63) is 101 Å². The number of ketones is 1. The van der Waals surface area contributed by atoms with E-state index in [0.717, 1.165) is 28.9 Å². The number of carbonyl (C=O) groups is 2. The van der Waals surface area contributed by atoms with E-state index in [1.807, 2.05) is 68.4 Å². The molecule has 1 aliphatic heterocycles. The number of amides is 1. The monoisotopic (exact) mass is 469 g/mol. The second-order valence-corrected chi connectivity index (χ2v) is 9.15. The molecule has 5 heteroatoms. The molecule has 4 rings (SSSR count). The lowest BCUT2D eigenvalue weighted by Crippen LogP contribution is -2.29. The molecule has 0 aliphatic carbocycles. The van der Waals surface area contributed by atoms with Crippen molar-refractivity contribution in [2.24, 2.45) is 0 Å². The molecule has 1 unspecified atom stereocenters. The molecule has 1 saturated heterocycles. The summed E-state index contributed by atoms with van der Waals surface area (Å²) in [5.74, 6) is -0.472. The lowest BCUT2D eigenvalue weighted by atomic mass is 9.94. The Bertz CT molecular complexity index is 1260. The second kappa shape index (κ2) is 10.2. The SMILES string of the molecule is CCCOc1ccc(/C(O)=C2/C(=O)C(=O)N(c3ccc(C(C)C)cc3)C2c2ccccc2)cc1C. The number of carbonyl (C=O) groups excluding carboxylic acids is 2. The van der Waals surface area contributed by atoms with Gasteiger partial charge in [0.15, 0.2) is 0 Å². The summed E-state index contributed by atoms with van der Waals surface area (Å²) in [5.41, 5.74) is 3.90. The van der Waals surface area contributed by atoms with Gasteiger partial charge in [-0.1, -0.05) is 63.2 Å². The van der Waals surface area contributed by atoms with Crippen LogP contribution in [0, 0.1) is 6.92 Å². The first-order chi connectivity index (χ1) is 16.8. The third kappa shape index (κ3) is 4.72. The number of aryl methyl sites for hydroxylation is 1. The number of rotatable bonds is 7. The summed E-state index contributed by atoms with van der Waals surface area (Å²) in [7, 11) is 0. The van der Waals surface area contributed by atoms with Gasteiger partial charge < -0.3 is 9.84 Å². The van der Waals surface area contributed by atoms with Gasteiger partial charge in [-0.2, -0.15) is 0 Å². The Morgan fingerprint density at radius 2 is 1.69 bits per heavy atom. The molecule has 0 spiro atoms. The van der Waals surface area contributed by atoms with Gasteiger partial charge in [0.1, 0.15) is 11.5 Å². The van der Waals surface area contributed by atoms with Crippen LogP contribution in [-0.4, -0.2) is 23.4 Å². The summed E-state index contributed by atoms with van der Waals surface area (Å²) in [6.07, 6.45) is 0.889. The van der Waals surface area contributed by atoms with Crippen LogP contribution in [0.4, 0.5) is 5.69 Å². The van der Waals surface area contributed by atoms with Crippen LogP contribution in [-0.2, 0) is 9.59 Å². The highest BCUT2D eigenvalue weighted by atomic mass is 16.5. The highest BCUT2D eigenvalue weighted by Crippen LogP contribution is 2.42. The van der Waals surface area contributed by atoms with E-state index in [4.69, 9.17) is 4.74 Å². The number of aliphatic hydroxyl groups is 1. The zero-order chi connectivity index (χ0) is 25.1. The molecule has 1 amide bonds. The van der Waals surface area contributed by atoms with Crippen LogP contribution in [0.3, 0.4) is 0 Å². The van der Waals surface area contributed by atoms with Crippen LogP contribution in [0.5, 0.6) is 5.75 Å². The number of aliphatic hydroxyl groups excluding tert-OH is 1. The Morgan fingerprint density at radius 1 is 1.00 bits per heavy atom. The largest absolute Gasteiger partial charge is 0.507 e. The van der Waals surface area contributed by atoms with Gasteiger partial charge in [-0.25, -0.2) is 0 Å². The second-order valence-electron chi connectivity index (χ2n) is 9.15. The van der Waals surface area contributed by atoms with Gasteiger partial charge in [0.2, 0.25) is 0 Å². The number of Topliss-reactive ketones (excluding diaryl/α,β-unsaturated/α-hetero) is 1. The van der Waals surface area contributed by atoms with Crippen LogP contribution in [0.15, 0.2) is 78.4 Å². The van der Waals surface area contributed by atoms with Gasteiger partial charge in [-0.3, -0.25) is 14.5 Å². The standard InChI is InChI=1S/C30H31NO4/c1-5-17-35-25-16-13-23(18-20(25)4)28(32)26-27(22-9-7-6-8-10-22)31(30(34)29(26)33)24-14-11-21(12-15-24)19(2)3/h6-16,18-19,27,32H,5,17H2,1-4H3/b28-26-. The fraction of sp³-hybridized carbons (Fsp3) is 0.267. The van der Waals surface area contributed by atoms with Crippen molar-refractivity contribution >= 4 is 23.1 Å². The highest BCUT2D eigenvalue weighted by Gasteiger charge is 2.46. The minimum atomic E-state index is -0.738. The topological polar surface area (TPSA) is 66.8 Å². The third-order valence-corrected chi connectivity index (χ3v) is 6.31. The maximum Gasteiger partial charge on any atom is 0.300 e. The van der Waals surface area contributed by atoms with Crippen molar-refractivity contribution in [3.63, 3.8) is 0 Å². The maximum absolute atomic E-state index is 13.3. The van der Waals surface area contributed by atoms with E-state index < -0.39 is 17.7 Å². The molecule has 1 fully saturated rings. The predicted octanol–water partition coefficient (Wildman–Crippen LogP) is 6.53. The quantitative estimate of drug-likeness (QED) is 0.243. The van der Waals surface area contributed by atoms with E-state index in [2.05, 4.69) is 13.8 Å². The molecule has 3 aromatic carbocycles. The van der Waals surface area contributed by atoms with Crippen molar-refractivity contribution in [3.8, 4) is 5.75 Å². The molecular weight excluding hydrogens is 438 g/mol. The molecule has 1 heterocycles. The Labute approximate surface area is 206 Å². The summed E-state index contributed by atoms with van der Waals surface area (Å²) in [6, 6.07) is 21.6. The maximum atomic E-state index is 13.3. The van der Waals surface area contributed by atoms with Crippen molar-refractivity contribution in [2.75, 3.05) is 11.5 Å². The average Bonchev–Trinajstić information content (AvgIpc) is 3.13. The van der Waals surface area contributed by atoms with E-state index >= 15 is 0 Å². The minimum absolute atomic E-state index is 0.0794. The zero-order valence-corrected chi connectivity index (χ0v) is 20.6. The van der Waals surface area contributed by atoms with E-state index in [1.165, 1.54) is 4.90 Å². The van der Waals surface area contributed by atoms with E-state index in [0.29, 0.717) is 23.8 Å². The summed E-state index contributed by atoms with van der Waals surface area (Å²) in [6.45, 7) is 8.73. The van der Waals surface area contributed by atoms with Crippen molar-refractivity contribution in [1.82, 2.24) is 0 Å². The fourth-order valence-electron chi connectivity index (χ4n) is 4.40. The summed E-state index contributed by atoms with van der Waals surface area (Å²) >= 11 is 0. The molecule has 1 aliphatic rings. The van der Waals surface area contributed by atoms with Gasteiger partial charge in [0, 0.05) is 11.3 Å². The van der Waals surface area contributed by atoms with Gasteiger partial charge >= 0.3 is 0 Å². The molecule has 35 heavy (non-hydrogen) atoms. The molecule has 0 radical (unpaired) electrons. The number of hydrogen-bond acceptors (Lipinski definition) is 4. The smallest absolute Gasteiger partial charge is 0.300 e. The molecular formula is C30H31NO4. The fourth-order valence-corrected chi connectivity index (χ4v) is 4.40. The van der Waals surface area contributed by atoms with E-state index in [1.54, 1.807) is 18.2 Å². The van der Waals surface area contributed by atoms with E-state index in [9.17, 15) is 14.7 Å². The molecule has 0 saturated carbocycles. The van der Waals surface area contributed by atoms with Gasteiger partial charge in [-0.15, -0.1) is 0 Å². The van der Waals surface area contributed by atoms with Crippen LogP contribution in [0.25, 0.3) is 5.76 Å². The van der Waals surface area contributed by atoms with Gasteiger partial charge in [0.25, 0.3) is 11.7 Å². The van der Waals surface area contributed by atoms with Gasteiger partial charge in [0.05, 0.1) is 18.2 Å². The molecule has 1 N–H and O–H groups in total. The number of ether oxygens (including phenoxy) is 1. The zero-order valence-electron chi connectivity index (χ0n) is 20.6. The Balaban J connectivity index is 1.84. The van der Waals surface area contributed by atoms with Crippen molar-refractivity contribution in [2.45, 2.75) is 46.1 Å². The molecule has 0 bridgehead atoms. The molecule has 1 atom stereocenters. The Hall–Kier alpha value is -3.86. The Morgan fingerprint density at radius 3 is 2.29 bits per heavy atom. The normalized spacial score (nSPS) is 17.3. The summed E-state index contributed by atoms with van der Waals surface area (Å²) < 4.78 is 5.75. The van der Waals surface area contributed by atoms with Crippen LogP contribution >= 0.6 is 0 Å². The first-order valence-corrected chi connectivity index (χ1v) is 12.0. The minimum Gasteiger partial charge on any atom is -0.507 e. The average molecular weight is 470 g/mol. The summed E-state index contributed by atoms with van der Waals surface area (Å²) in [4.78, 5) is 28.1. The third-order valence-electron chi connectivity index (χ3n) is 6.31. The molecule has 0 aromatic heterocycles. The first-order valence-electron chi connectivity index (χ1n) is 12.0. The van der Waals surface area contributed by atoms with Crippen molar-refractivity contribution < 1.29 is 19.4 Å².